The average molecular weight is 185 g/mol. The van der Waals surface area contributed by atoms with Crippen molar-refractivity contribution < 1.29 is 9.59 Å². The average Bonchev–Trinajstić information content (AvgIpc) is 2.02. The normalized spacial score (nSPS) is 21.9. The topological polar surface area (TPSA) is 61.4 Å². The predicted molar refractivity (Wildman–Crippen MR) is 48.3 cm³/mol. The molecule has 0 aromatic carbocycles. The van der Waals surface area contributed by atoms with Crippen LogP contribution in [-0.4, -0.2) is 43.5 Å². The number of hydrogen-bond donors (Lipinski definition) is 2. The van der Waals surface area contributed by atoms with Crippen molar-refractivity contribution in [2.24, 2.45) is 0 Å². The van der Waals surface area contributed by atoms with E-state index in [-0.39, 0.29) is 18.5 Å². The summed E-state index contributed by atoms with van der Waals surface area (Å²) < 4.78 is 0. The highest BCUT2D eigenvalue weighted by atomic mass is 16.2. The first-order valence-corrected chi connectivity index (χ1v) is 4.45. The van der Waals surface area contributed by atoms with Gasteiger partial charge in [-0.05, 0) is 26.4 Å². The molecule has 3 amide bonds. The van der Waals surface area contributed by atoms with Gasteiger partial charge in [-0.1, -0.05) is 0 Å². The number of amides is 3. The molecular weight excluding hydrogens is 170 g/mol. The van der Waals surface area contributed by atoms with Gasteiger partial charge >= 0.3 is 6.03 Å². The van der Waals surface area contributed by atoms with E-state index in [1.54, 1.807) is 0 Å². The second kappa shape index (κ2) is 4.81. The maximum absolute atomic E-state index is 11.1. The van der Waals surface area contributed by atoms with E-state index in [2.05, 4.69) is 10.6 Å². The Morgan fingerprint density at radius 3 is 2.85 bits per heavy atom. The Bertz CT molecular complexity index is 206. The molecule has 0 unspecified atom stereocenters. The molecule has 0 spiro atoms. The number of carbonyl (C=O) groups excluding carboxylic acids is 2. The van der Waals surface area contributed by atoms with E-state index < -0.39 is 0 Å². The van der Waals surface area contributed by atoms with E-state index in [0.717, 1.165) is 19.4 Å². The van der Waals surface area contributed by atoms with Gasteiger partial charge in [-0.15, -0.1) is 0 Å². The number of hydrogen-bond acceptors (Lipinski definition) is 3. The molecule has 1 rings (SSSR count). The van der Waals surface area contributed by atoms with E-state index in [1.807, 2.05) is 11.9 Å². The van der Waals surface area contributed by atoms with Crippen LogP contribution in [0.2, 0.25) is 0 Å². The highest BCUT2D eigenvalue weighted by molar-refractivity contribution is 5.95. The molecule has 0 aromatic heterocycles. The zero-order valence-electron chi connectivity index (χ0n) is 7.80. The lowest BCUT2D eigenvalue weighted by molar-refractivity contribution is -0.120. The van der Waals surface area contributed by atoms with Gasteiger partial charge in [0.2, 0.25) is 5.91 Å². The van der Waals surface area contributed by atoms with Crippen LogP contribution in [0.3, 0.4) is 0 Å². The lowest BCUT2D eigenvalue weighted by Crippen LogP contribution is -2.45. The zero-order valence-corrected chi connectivity index (χ0v) is 7.80. The second-order valence-corrected chi connectivity index (χ2v) is 3.25. The summed E-state index contributed by atoms with van der Waals surface area (Å²) in [6.45, 7) is 1.81. The van der Waals surface area contributed by atoms with Crippen molar-refractivity contribution in [1.29, 1.82) is 0 Å². The Morgan fingerprint density at radius 2 is 2.08 bits per heavy atom. The molecule has 2 N–H and O–H groups in total. The minimum absolute atomic E-state index is 0.248. The Labute approximate surface area is 77.5 Å². The number of nitrogens with zero attached hydrogens (tertiary/aromatic N) is 1. The fourth-order valence-electron chi connectivity index (χ4n) is 1.24. The molecule has 13 heavy (non-hydrogen) atoms. The summed E-state index contributed by atoms with van der Waals surface area (Å²) in [7, 11) is 1.87. The number of likely N-dealkylation sites (N-methyl/N-ethyl adjacent to an activating group) is 1. The highest BCUT2D eigenvalue weighted by Crippen LogP contribution is 1.93. The minimum Gasteiger partial charge on any atom is -0.338 e. The van der Waals surface area contributed by atoms with Gasteiger partial charge in [0.15, 0.2) is 0 Å². The van der Waals surface area contributed by atoms with Crippen molar-refractivity contribution in [3.8, 4) is 0 Å². The fraction of sp³-hybridized carbons (Fsp3) is 0.750. The van der Waals surface area contributed by atoms with Crippen LogP contribution in [0.25, 0.3) is 0 Å². The van der Waals surface area contributed by atoms with Crippen LogP contribution in [-0.2, 0) is 4.79 Å². The molecule has 1 saturated heterocycles. The van der Waals surface area contributed by atoms with Gasteiger partial charge < -0.3 is 5.32 Å². The summed E-state index contributed by atoms with van der Waals surface area (Å²) in [5, 5.41) is 4.86. The lowest BCUT2D eigenvalue weighted by Gasteiger charge is -2.17. The monoisotopic (exact) mass is 185 g/mol. The smallest absolute Gasteiger partial charge is 0.321 e. The summed E-state index contributed by atoms with van der Waals surface area (Å²) in [5.41, 5.74) is 0. The van der Waals surface area contributed by atoms with Gasteiger partial charge in [-0.3, -0.25) is 15.0 Å². The Balaban J connectivity index is 2.44. The molecule has 1 aliphatic rings. The molecule has 1 fully saturated rings. The van der Waals surface area contributed by atoms with Crippen molar-refractivity contribution in [2.75, 3.05) is 26.7 Å². The summed E-state index contributed by atoms with van der Waals surface area (Å²) in [5.74, 6) is -0.248. The van der Waals surface area contributed by atoms with Crippen LogP contribution in [0.15, 0.2) is 0 Å². The van der Waals surface area contributed by atoms with Crippen LogP contribution in [0.1, 0.15) is 12.8 Å². The molecule has 0 aromatic rings. The number of rotatable bonds is 0. The largest absolute Gasteiger partial charge is 0.338 e. The Kier molecular flexibility index (Phi) is 3.70. The standard InChI is InChI=1S/C8H15N3O2/c1-11-5-3-2-4-9-8(13)10-7(12)6-11/h2-6H2,1H3,(H2,9,10,12,13). The van der Waals surface area contributed by atoms with E-state index in [9.17, 15) is 9.59 Å². The van der Waals surface area contributed by atoms with Gasteiger partial charge in [0.05, 0.1) is 6.54 Å². The molecule has 0 radical (unpaired) electrons. The van der Waals surface area contributed by atoms with Gasteiger partial charge in [-0.2, -0.15) is 0 Å². The summed E-state index contributed by atoms with van der Waals surface area (Å²) in [6, 6.07) is -0.389. The SMILES string of the molecule is CN1CCCCNC(=O)NC(=O)C1. The van der Waals surface area contributed by atoms with Crippen LogP contribution in [0.5, 0.6) is 0 Å². The number of nitrogens with one attached hydrogen (secondary N) is 2. The molecule has 1 aliphatic heterocycles. The molecule has 5 heteroatoms. The predicted octanol–water partition coefficient (Wildman–Crippen LogP) is -0.462. The molecule has 74 valence electrons. The maximum Gasteiger partial charge on any atom is 0.321 e. The number of carbonyl (C=O) groups is 2. The van der Waals surface area contributed by atoms with Crippen LogP contribution in [0.4, 0.5) is 4.79 Å². The van der Waals surface area contributed by atoms with E-state index >= 15 is 0 Å². The molecule has 0 aliphatic carbocycles. The van der Waals surface area contributed by atoms with Gasteiger partial charge in [0.1, 0.15) is 0 Å². The van der Waals surface area contributed by atoms with E-state index in [0.29, 0.717) is 6.54 Å². The van der Waals surface area contributed by atoms with Crippen molar-refractivity contribution in [3.05, 3.63) is 0 Å². The lowest BCUT2D eigenvalue weighted by atomic mass is 10.3. The van der Waals surface area contributed by atoms with Crippen molar-refractivity contribution >= 4 is 11.9 Å². The maximum atomic E-state index is 11.1. The summed E-state index contributed by atoms with van der Waals surface area (Å²) >= 11 is 0. The first kappa shape index (κ1) is 9.98. The minimum atomic E-state index is -0.389. The Hall–Kier alpha value is -1.10. The number of urea groups is 1. The summed E-state index contributed by atoms with van der Waals surface area (Å²) in [6.07, 6.45) is 1.95. The van der Waals surface area contributed by atoms with E-state index in [4.69, 9.17) is 0 Å². The third kappa shape index (κ3) is 3.89. The van der Waals surface area contributed by atoms with Crippen molar-refractivity contribution in [1.82, 2.24) is 15.5 Å². The third-order valence-corrected chi connectivity index (χ3v) is 1.92. The fourth-order valence-corrected chi connectivity index (χ4v) is 1.24. The molecule has 0 bridgehead atoms. The van der Waals surface area contributed by atoms with Gasteiger partial charge in [0.25, 0.3) is 0 Å². The molecule has 1 heterocycles. The third-order valence-electron chi connectivity index (χ3n) is 1.92. The first-order valence-electron chi connectivity index (χ1n) is 4.45. The van der Waals surface area contributed by atoms with Gasteiger partial charge in [0, 0.05) is 6.54 Å². The molecular formula is C8H15N3O2. The number of imide groups is 1. The molecule has 5 nitrogen and oxygen atoms in total. The van der Waals surface area contributed by atoms with Crippen LogP contribution < -0.4 is 10.6 Å². The van der Waals surface area contributed by atoms with E-state index in [1.165, 1.54) is 0 Å². The zero-order chi connectivity index (χ0) is 9.68. The summed E-state index contributed by atoms with van der Waals surface area (Å²) in [4.78, 5) is 24.0. The van der Waals surface area contributed by atoms with Crippen molar-refractivity contribution in [2.45, 2.75) is 12.8 Å². The second-order valence-electron chi connectivity index (χ2n) is 3.25. The Morgan fingerprint density at radius 1 is 1.31 bits per heavy atom. The highest BCUT2D eigenvalue weighted by Gasteiger charge is 2.11. The quantitative estimate of drug-likeness (QED) is 0.536. The molecule has 0 atom stereocenters. The van der Waals surface area contributed by atoms with Crippen LogP contribution >= 0.6 is 0 Å². The van der Waals surface area contributed by atoms with Gasteiger partial charge in [-0.25, -0.2) is 4.79 Å². The molecule has 0 saturated carbocycles. The van der Waals surface area contributed by atoms with Crippen molar-refractivity contribution in [3.63, 3.8) is 0 Å². The van der Waals surface area contributed by atoms with Crippen LogP contribution in [0, 0.1) is 0 Å². The first-order chi connectivity index (χ1) is 6.18.